The number of benzene rings is 2. The highest BCUT2D eigenvalue weighted by atomic mass is 32.1. The third kappa shape index (κ3) is 3.62. The lowest BCUT2D eigenvalue weighted by Gasteiger charge is -2.12. The van der Waals surface area contributed by atoms with Crippen molar-refractivity contribution < 1.29 is 13.9 Å². The van der Waals surface area contributed by atoms with E-state index >= 15 is 0 Å². The molecule has 0 atom stereocenters. The number of nitrogens with one attached hydrogen (secondary N) is 2. The van der Waals surface area contributed by atoms with E-state index < -0.39 is 5.97 Å². The molecule has 0 saturated heterocycles. The van der Waals surface area contributed by atoms with Gasteiger partial charge in [0, 0.05) is 15.8 Å². The zero-order valence-corrected chi connectivity index (χ0v) is 15.2. The fraction of sp³-hybridized carbons (Fsp3) is 0.111. The Hall–Kier alpha value is -2.51. The van der Waals surface area contributed by atoms with Crippen molar-refractivity contribution in [2.75, 3.05) is 17.7 Å². The van der Waals surface area contributed by atoms with Crippen LogP contribution in [0.25, 0.3) is 10.1 Å². The third-order valence-corrected chi connectivity index (χ3v) is 4.99. The summed E-state index contributed by atoms with van der Waals surface area (Å²) in [5.74, 6) is -0.753. The van der Waals surface area contributed by atoms with Crippen LogP contribution in [0.4, 0.5) is 15.8 Å². The summed E-state index contributed by atoms with van der Waals surface area (Å²) in [6.45, 7) is 1.69. The summed E-state index contributed by atoms with van der Waals surface area (Å²) < 4.78 is 19.5. The van der Waals surface area contributed by atoms with Gasteiger partial charge >= 0.3 is 5.97 Å². The van der Waals surface area contributed by atoms with Gasteiger partial charge < -0.3 is 15.4 Å². The number of hydrogen-bond donors (Lipinski definition) is 2. The monoisotopic (exact) mass is 374 g/mol. The zero-order valence-electron chi connectivity index (χ0n) is 13.6. The molecule has 0 saturated carbocycles. The molecule has 0 aliphatic carbocycles. The predicted octanol–water partition coefficient (Wildman–Crippen LogP) is 4.94. The number of hydrogen-bond acceptors (Lipinski definition) is 4. The van der Waals surface area contributed by atoms with Gasteiger partial charge in [-0.3, -0.25) is 0 Å². The van der Waals surface area contributed by atoms with Crippen molar-refractivity contribution in [2.45, 2.75) is 6.92 Å². The lowest BCUT2D eigenvalue weighted by Crippen LogP contribution is -2.20. The van der Waals surface area contributed by atoms with Crippen LogP contribution in [0.3, 0.4) is 0 Å². The highest BCUT2D eigenvalue weighted by Gasteiger charge is 2.19. The van der Waals surface area contributed by atoms with Crippen LogP contribution in [0, 0.1) is 12.7 Å². The first-order valence-electron chi connectivity index (χ1n) is 7.43. The Bertz CT molecular complexity index is 969. The van der Waals surface area contributed by atoms with Crippen molar-refractivity contribution in [3.8, 4) is 0 Å². The van der Waals surface area contributed by atoms with Crippen molar-refractivity contribution in [3.63, 3.8) is 0 Å². The zero-order chi connectivity index (χ0) is 18.0. The molecule has 4 nitrogen and oxygen atoms in total. The molecule has 1 heterocycles. The molecule has 2 N–H and O–H groups in total. The fourth-order valence-electron chi connectivity index (χ4n) is 2.35. The summed E-state index contributed by atoms with van der Waals surface area (Å²) in [6.07, 6.45) is 0. The minimum absolute atomic E-state index is 0.261. The summed E-state index contributed by atoms with van der Waals surface area (Å²) >= 11 is 6.64. The second-order valence-electron chi connectivity index (χ2n) is 5.34. The molecule has 3 rings (SSSR count). The summed E-state index contributed by atoms with van der Waals surface area (Å²) in [4.78, 5) is 12.5. The van der Waals surface area contributed by atoms with Crippen LogP contribution in [-0.4, -0.2) is 18.2 Å². The van der Waals surface area contributed by atoms with Gasteiger partial charge in [0.2, 0.25) is 0 Å². The number of carbonyl (C=O) groups excluding carboxylic acids is 1. The van der Waals surface area contributed by atoms with Crippen LogP contribution in [-0.2, 0) is 4.74 Å². The van der Waals surface area contributed by atoms with Crippen molar-refractivity contribution >= 4 is 56.1 Å². The smallest absolute Gasteiger partial charge is 0.350 e. The van der Waals surface area contributed by atoms with E-state index in [1.807, 2.05) is 24.3 Å². The highest BCUT2D eigenvalue weighted by molar-refractivity contribution is 7.80. The van der Waals surface area contributed by atoms with Crippen molar-refractivity contribution in [3.05, 3.63) is 58.7 Å². The summed E-state index contributed by atoms with van der Waals surface area (Å²) in [6, 6.07) is 12.4. The van der Waals surface area contributed by atoms with Gasteiger partial charge in [-0.1, -0.05) is 24.3 Å². The molecule has 0 radical (unpaired) electrons. The van der Waals surface area contributed by atoms with E-state index in [1.165, 1.54) is 24.5 Å². The Balaban J connectivity index is 1.89. The average molecular weight is 374 g/mol. The molecule has 0 fully saturated rings. The quantitative estimate of drug-likeness (QED) is 0.502. The van der Waals surface area contributed by atoms with E-state index in [-0.39, 0.29) is 10.9 Å². The molecule has 0 spiro atoms. The van der Waals surface area contributed by atoms with E-state index in [2.05, 4.69) is 10.6 Å². The molecule has 0 unspecified atom stereocenters. The van der Waals surface area contributed by atoms with Gasteiger partial charge in [-0.15, -0.1) is 11.3 Å². The standard InChI is InChI=1S/C18H15FN2O2S2/c1-10-7-8-11(9-13(10)19)20-18(24)21-15-12-5-3-4-6-14(12)25-16(15)17(22)23-2/h3-9H,1-2H3,(H2,20,21,24). The minimum Gasteiger partial charge on any atom is -0.465 e. The first-order chi connectivity index (χ1) is 12.0. The second kappa shape index (κ2) is 7.16. The fourth-order valence-corrected chi connectivity index (χ4v) is 3.65. The number of ether oxygens (including phenoxy) is 1. The summed E-state index contributed by atoms with van der Waals surface area (Å²) in [5.41, 5.74) is 1.67. The van der Waals surface area contributed by atoms with Crippen LogP contribution in [0.15, 0.2) is 42.5 Å². The number of esters is 1. The Morgan fingerprint density at radius 3 is 2.68 bits per heavy atom. The maximum absolute atomic E-state index is 13.7. The highest BCUT2D eigenvalue weighted by Crippen LogP contribution is 2.36. The van der Waals surface area contributed by atoms with Gasteiger partial charge in [0.15, 0.2) is 5.11 Å². The Labute approximate surface area is 153 Å². The van der Waals surface area contributed by atoms with E-state index in [1.54, 1.807) is 19.1 Å². The first-order valence-corrected chi connectivity index (χ1v) is 8.66. The molecule has 1 aromatic heterocycles. The van der Waals surface area contributed by atoms with E-state index in [9.17, 15) is 9.18 Å². The van der Waals surface area contributed by atoms with Crippen LogP contribution in [0.2, 0.25) is 0 Å². The van der Waals surface area contributed by atoms with Crippen LogP contribution in [0.5, 0.6) is 0 Å². The number of halogens is 1. The molecule has 0 aliphatic rings. The van der Waals surface area contributed by atoms with E-state index in [0.29, 0.717) is 21.8 Å². The molecular weight excluding hydrogens is 359 g/mol. The number of carbonyl (C=O) groups is 1. The van der Waals surface area contributed by atoms with Gasteiger partial charge in [0.1, 0.15) is 10.7 Å². The average Bonchev–Trinajstić information content (AvgIpc) is 2.96. The number of thiophene rings is 1. The molecule has 2 aromatic carbocycles. The van der Waals surface area contributed by atoms with Crippen molar-refractivity contribution in [1.82, 2.24) is 0 Å². The predicted molar refractivity (Wildman–Crippen MR) is 104 cm³/mol. The van der Waals surface area contributed by atoms with Crippen LogP contribution < -0.4 is 10.6 Å². The molecule has 25 heavy (non-hydrogen) atoms. The molecule has 0 amide bonds. The first kappa shape index (κ1) is 17.3. The minimum atomic E-state index is -0.437. The van der Waals surface area contributed by atoms with E-state index in [0.717, 1.165) is 10.1 Å². The number of aryl methyl sites for hydroxylation is 1. The van der Waals surface area contributed by atoms with Crippen LogP contribution >= 0.6 is 23.6 Å². The van der Waals surface area contributed by atoms with Crippen LogP contribution in [0.1, 0.15) is 15.2 Å². The summed E-state index contributed by atoms with van der Waals surface area (Å²) in [7, 11) is 1.34. The Kier molecular flexibility index (Phi) is 4.96. The molecule has 0 bridgehead atoms. The molecule has 0 aliphatic heterocycles. The van der Waals surface area contributed by atoms with Gasteiger partial charge in [-0.25, -0.2) is 9.18 Å². The maximum atomic E-state index is 13.7. The molecule has 128 valence electrons. The Morgan fingerprint density at radius 2 is 1.96 bits per heavy atom. The number of methoxy groups -OCH3 is 1. The number of fused-ring (bicyclic) bond motifs is 1. The maximum Gasteiger partial charge on any atom is 0.350 e. The van der Waals surface area contributed by atoms with Crippen molar-refractivity contribution in [2.24, 2.45) is 0 Å². The number of anilines is 2. The Morgan fingerprint density at radius 1 is 1.20 bits per heavy atom. The third-order valence-electron chi connectivity index (χ3n) is 3.63. The number of rotatable bonds is 3. The molecule has 3 aromatic rings. The summed E-state index contributed by atoms with van der Waals surface area (Å²) in [5, 5.41) is 7.10. The van der Waals surface area contributed by atoms with Gasteiger partial charge in [-0.2, -0.15) is 0 Å². The van der Waals surface area contributed by atoms with Gasteiger partial charge in [0.25, 0.3) is 0 Å². The lowest BCUT2D eigenvalue weighted by molar-refractivity contribution is 0.0607. The lowest BCUT2D eigenvalue weighted by atomic mass is 10.2. The van der Waals surface area contributed by atoms with Gasteiger partial charge in [-0.05, 0) is 42.9 Å². The topological polar surface area (TPSA) is 50.4 Å². The number of thiocarbonyl (C=S) groups is 1. The normalized spacial score (nSPS) is 10.5. The van der Waals surface area contributed by atoms with Crippen molar-refractivity contribution in [1.29, 1.82) is 0 Å². The second-order valence-corrected chi connectivity index (χ2v) is 6.80. The molecular formula is C18H15FN2O2S2. The largest absolute Gasteiger partial charge is 0.465 e. The van der Waals surface area contributed by atoms with E-state index in [4.69, 9.17) is 17.0 Å². The SMILES string of the molecule is COC(=O)c1sc2ccccc2c1NC(=S)Nc1ccc(C)c(F)c1. The van der Waals surface area contributed by atoms with Gasteiger partial charge in [0.05, 0.1) is 12.8 Å². The molecule has 7 heteroatoms.